The molecule has 0 amide bonds. The van der Waals surface area contributed by atoms with Crippen molar-refractivity contribution in [1.82, 2.24) is 4.57 Å². The smallest absolute Gasteiger partial charge is 0.421 e. The fourth-order valence-electron chi connectivity index (χ4n) is 1.69. The Morgan fingerprint density at radius 2 is 1.38 bits per heavy atom. The number of hydrogen-bond donors (Lipinski definition) is 0. The van der Waals surface area contributed by atoms with E-state index in [-0.39, 0.29) is 0 Å². The summed E-state index contributed by atoms with van der Waals surface area (Å²) in [6.45, 7) is 8.72. The second kappa shape index (κ2) is 8.56. The van der Waals surface area contributed by atoms with Crippen LogP contribution in [0.4, 0.5) is 26.3 Å². The topological polar surface area (TPSA) is 91.2 Å². The molecule has 1 rings (SSSR count). The summed E-state index contributed by atoms with van der Waals surface area (Å²) in [5.41, 5.74) is -12.4. The van der Waals surface area contributed by atoms with Crippen molar-refractivity contribution in [2.75, 3.05) is 0 Å². The van der Waals surface area contributed by atoms with Crippen LogP contribution in [0.3, 0.4) is 0 Å². The summed E-state index contributed by atoms with van der Waals surface area (Å²) in [4.78, 5) is 0. The van der Waals surface area contributed by atoms with Crippen molar-refractivity contribution in [1.29, 1.82) is 0 Å². The Bertz CT molecular complexity index is 733. The standard InChI is InChI=1S/C9H17N2.C2F6NO4S2/c1-4-9-10(5-2)7-8-11(9)6-3;3-1(4,5)14(10,11)9-15(12,13)2(6,7)8/h7-8H,4-6H2,1-3H3;/q+1;-1. The Kier molecular flexibility index (Phi) is 8.11. The van der Waals surface area contributed by atoms with Gasteiger partial charge in [-0.15, -0.1) is 0 Å². The van der Waals surface area contributed by atoms with Gasteiger partial charge in [-0.25, -0.2) is 26.0 Å². The SMILES string of the molecule is CCc1n(CC)cc[n+]1CC.O=S(=O)([N-]S(=O)(=O)C(F)(F)F)C(F)(F)F. The number of alkyl halides is 6. The Morgan fingerprint density at radius 3 is 1.65 bits per heavy atom. The molecule has 0 spiro atoms. The Labute approximate surface area is 146 Å². The first-order chi connectivity index (χ1) is 11.5. The zero-order chi connectivity index (χ0) is 21.0. The van der Waals surface area contributed by atoms with Crippen molar-refractivity contribution >= 4 is 20.0 Å². The van der Waals surface area contributed by atoms with Crippen molar-refractivity contribution in [3.8, 4) is 0 Å². The lowest BCUT2D eigenvalue weighted by Gasteiger charge is -2.22. The van der Waals surface area contributed by atoms with Crippen molar-refractivity contribution in [2.45, 2.75) is 51.3 Å². The predicted octanol–water partition coefficient (Wildman–Crippen LogP) is 2.44. The van der Waals surface area contributed by atoms with E-state index < -0.39 is 31.1 Å². The van der Waals surface area contributed by atoms with Gasteiger partial charge in [0.1, 0.15) is 12.4 Å². The van der Waals surface area contributed by atoms with E-state index in [9.17, 15) is 43.2 Å². The maximum Gasteiger partial charge on any atom is 0.480 e. The molecular weight excluding hydrogens is 416 g/mol. The number of imidazole rings is 1. The Morgan fingerprint density at radius 1 is 0.962 bits per heavy atom. The molecule has 1 heterocycles. The fourth-order valence-corrected chi connectivity index (χ4v) is 3.40. The molecule has 0 atom stereocenters. The van der Waals surface area contributed by atoms with E-state index in [1.54, 1.807) is 0 Å². The zero-order valence-electron chi connectivity index (χ0n) is 13.8. The molecule has 0 aliphatic carbocycles. The van der Waals surface area contributed by atoms with Crippen LogP contribution in [0, 0.1) is 0 Å². The van der Waals surface area contributed by atoms with Gasteiger partial charge in [0, 0.05) is 6.42 Å². The van der Waals surface area contributed by atoms with Crippen molar-refractivity contribution < 1.29 is 47.7 Å². The molecular formula is C11H17F6N3O4S2. The van der Waals surface area contributed by atoms with Gasteiger partial charge in [0.15, 0.2) is 20.0 Å². The van der Waals surface area contributed by atoms with E-state index in [0.717, 1.165) is 23.6 Å². The van der Waals surface area contributed by atoms with Crippen LogP contribution in [0.15, 0.2) is 12.4 Å². The molecule has 1 aromatic heterocycles. The van der Waals surface area contributed by atoms with Crippen molar-refractivity contribution in [2.24, 2.45) is 0 Å². The summed E-state index contributed by atoms with van der Waals surface area (Å²) in [6.07, 6.45) is 5.43. The molecule has 15 heteroatoms. The maximum atomic E-state index is 11.4. The highest BCUT2D eigenvalue weighted by atomic mass is 32.3. The first kappa shape index (κ1) is 24.7. The summed E-state index contributed by atoms with van der Waals surface area (Å²) in [7, 11) is -13.4. The molecule has 0 radical (unpaired) electrons. The summed E-state index contributed by atoms with van der Waals surface area (Å²) >= 11 is 0. The van der Waals surface area contributed by atoms with E-state index in [1.807, 2.05) is 0 Å². The summed E-state index contributed by atoms with van der Waals surface area (Å²) in [6, 6.07) is 0. The van der Waals surface area contributed by atoms with Gasteiger partial charge in [-0.3, -0.25) is 0 Å². The number of halogens is 6. The maximum absolute atomic E-state index is 11.4. The minimum atomic E-state index is -6.72. The number of aryl methyl sites for hydroxylation is 2. The highest BCUT2D eigenvalue weighted by molar-refractivity contribution is 8.13. The van der Waals surface area contributed by atoms with Crippen LogP contribution in [0.25, 0.3) is 4.13 Å². The molecule has 0 fully saturated rings. The number of sulfonamides is 2. The van der Waals surface area contributed by atoms with Crippen LogP contribution in [-0.2, 0) is 39.6 Å². The van der Waals surface area contributed by atoms with Gasteiger partial charge in [0.05, 0.1) is 13.1 Å². The lowest BCUT2D eigenvalue weighted by molar-refractivity contribution is -0.700. The van der Waals surface area contributed by atoms with Gasteiger partial charge in [-0.05, 0) is 13.8 Å². The molecule has 0 aliphatic heterocycles. The average Bonchev–Trinajstić information content (AvgIpc) is 2.86. The summed E-state index contributed by atoms with van der Waals surface area (Å²) < 4.78 is 114. The Balaban J connectivity index is 0.000000502. The second-order valence-electron chi connectivity index (χ2n) is 4.56. The van der Waals surface area contributed by atoms with E-state index in [1.165, 1.54) is 5.82 Å². The molecule has 0 bridgehead atoms. The third kappa shape index (κ3) is 6.12. The molecule has 0 unspecified atom stereocenters. The molecule has 0 saturated carbocycles. The highest BCUT2D eigenvalue weighted by Gasteiger charge is 2.46. The molecule has 154 valence electrons. The monoisotopic (exact) mass is 433 g/mol. The van der Waals surface area contributed by atoms with E-state index in [2.05, 4.69) is 42.3 Å². The lowest BCUT2D eigenvalue weighted by atomic mass is 10.4. The minimum Gasteiger partial charge on any atom is -0.421 e. The summed E-state index contributed by atoms with van der Waals surface area (Å²) in [5, 5.41) is 0. The first-order valence-electron chi connectivity index (χ1n) is 6.98. The van der Waals surface area contributed by atoms with E-state index >= 15 is 0 Å². The van der Waals surface area contributed by atoms with Crippen LogP contribution in [0.2, 0.25) is 0 Å². The van der Waals surface area contributed by atoms with Crippen LogP contribution >= 0.6 is 0 Å². The number of aromatic nitrogens is 2. The van der Waals surface area contributed by atoms with E-state index in [4.69, 9.17) is 0 Å². The van der Waals surface area contributed by atoms with Crippen molar-refractivity contribution in [3.63, 3.8) is 0 Å². The predicted molar refractivity (Wildman–Crippen MR) is 78.7 cm³/mol. The second-order valence-corrected chi connectivity index (χ2v) is 7.98. The number of hydrogen-bond acceptors (Lipinski definition) is 4. The zero-order valence-corrected chi connectivity index (χ0v) is 15.5. The largest absolute Gasteiger partial charge is 0.480 e. The van der Waals surface area contributed by atoms with Gasteiger partial charge >= 0.3 is 11.0 Å². The third-order valence-electron chi connectivity index (χ3n) is 2.87. The van der Waals surface area contributed by atoms with Crippen LogP contribution in [0.1, 0.15) is 26.6 Å². The molecule has 0 saturated heterocycles. The number of rotatable bonds is 5. The minimum absolute atomic E-state index is 0.778. The molecule has 1 aromatic rings. The van der Waals surface area contributed by atoms with Gasteiger partial charge < -0.3 is 4.13 Å². The quantitative estimate of drug-likeness (QED) is 0.527. The lowest BCUT2D eigenvalue weighted by Crippen LogP contribution is -2.35. The highest BCUT2D eigenvalue weighted by Crippen LogP contribution is 2.36. The van der Waals surface area contributed by atoms with E-state index in [0.29, 0.717) is 0 Å². The van der Waals surface area contributed by atoms with Crippen LogP contribution in [-0.4, -0.2) is 32.4 Å². The van der Waals surface area contributed by atoms with Crippen LogP contribution < -0.4 is 4.57 Å². The van der Waals surface area contributed by atoms with Crippen LogP contribution in [0.5, 0.6) is 0 Å². The third-order valence-corrected chi connectivity index (χ3v) is 5.61. The Hall–Kier alpha value is -1.35. The molecule has 0 N–H and O–H groups in total. The molecule has 7 nitrogen and oxygen atoms in total. The van der Waals surface area contributed by atoms with Gasteiger partial charge in [-0.1, -0.05) is 6.92 Å². The van der Waals surface area contributed by atoms with Crippen molar-refractivity contribution in [3.05, 3.63) is 22.3 Å². The molecule has 0 aliphatic rings. The fraction of sp³-hybridized carbons (Fsp3) is 0.727. The molecule has 0 aromatic carbocycles. The van der Waals surface area contributed by atoms with Gasteiger partial charge in [0.2, 0.25) is 0 Å². The average molecular weight is 433 g/mol. The van der Waals surface area contributed by atoms with Gasteiger partial charge in [0.25, 0.3) is 5.82 Å². The normalized spacial score (nSPS) is 13.3. The molecule has 26 heavy (non-hydrogen) atoms. The number of nitrogens with zero attached hydrogens (tertiary/aromatic N) is 3. The summed E-state index contributed by atoms with van der Waals surface area (Å²) in [5.74, 6) is 1.43. The first-order valence-corrected chi connectivity index (χ1v) is 9.86. The van der Waals surface area contributed by atoms with Gasteiger partial charge in [-0.2, -0.15) is 26.3 Å².